The van der Waals surface area contributed by atoms with E-state index in [1.165, 1.54) is 0 Å². The van der Waals surface area contributed by atoms with Crippen LogP contribution in [0.2, 0.25) is 0 Å². The molecule has 0 saturated heterocycles. The van der Waals surface area contributed by atoms with Gasteiger partial charge >= 0.3 is 0 Å². The van der Waals surface area contributed by atoms with Crippen molar-refractivity contribution in [3.63, 3.8) is 0 Å². The van der Waals surface area contributed by atoms with Crippen molar-refractivity contribution in [3.8, 4) is 23.1 Å². The standard InChI is InChI=1S/C19H20N2O2/c1-2-13-23-18-6-4-3-5-16(18)17-10-7-14(11-12-20)19(22)21(17)15-8-9-15/h3-7,10,15H,2,8-9,11,13H2,1H3. The average molecular weight is 308 g/mol. The van der Waals surface area contributed by atoms with Gasteiger partial charge < -0.3 is 9.30 Å². The van der Waals surface area contributed by atoms with E-state index in [1.54, 1.807) is 6.07 Å². The second-order valence-electron chi connectivity index (χ2n) is 5.83. The smallest absolute Gasteiger partial charge is 0.255 e. The number of hydrogen-bond acceptors (Lipinski definition) is 3. The molecule has 118 valence electrons. The van der Waals surface area contributed by atoms with Crippen LogP contribution in [0, 0.1) is 11.3 Å². The van der Waals surface area contributed by atoms with Crippen molar-refractivity contribution in [2.24, 2.45) is 0 Å². The lowest BCUT2D eigenvalue weighted by molar-refractivity contribution is 0.318. The van der Waals surface area contributed by atoms with E-state index in [9.17, 15) is 4.79 Å². The molecule has 1 heterocycles. The fourth-order valence-electron chi connectivity index (χ4n) is 2.75. The molecule has 1 saturated carbocycles. The zero-order valence-corrected chi connectivity index (χ0v) is 13.3. The van der Waals surface area contributed by atoms with Gasteiger partial charge in [0.25, 0.3) is 5.56 Å². The Hall–Kier alpha value is -2.54. The summed E-state index contributed by atoms with van der Waals surface area (Å²) in [7, 11) is 0. The Bertz CT molecular complexity index is 798. The summed E-state index contributed by atoms with van der Waals surface area (Å²) in [6.45, 7) is 2.72. The molecule has 0 aliphatic heterocycles. The molecule has 0 atom stereocenters. The monoisotopic (exact) mass is 308 g/mol. The highest BCUT2D eigenvalue weighted by atomic mass is 16.5. The van der Waals surface area contributed by atoms with Gasteiger partial charge in [-0.2, -0.15) is 5.26 Å². The van der Waals surface area contributed by atoms with E-state index in [1.807, 2.05) is 34.9 Å². The quantitative estimate of drug-likeness (QED) is 0.817. The second kappa shape index (κ2) is 6.70. The minimum absolute atomic E-state index is 0.0446. The summed E-state index contributed by atoms with van der Waals surface area (Å²) in [5, 5.41) is 8.90. The first-order valence-corrected chi connectivity index (χ1v) is 8.09. The lowest BCUT2D eigenvalue weighted by atomic mass is 10.1. The molecule has 0 unspecified atom stereocenters. The molecule has 1 fully saturated rings. The average Bonchev–Trinajstić information content (AvgIpc) is 3.40. The number of hydrogen-bond donors (Lipinski definition) is 0. The third kappa shape index (κ3) is 3.14. The molecule has 0 spiro atoms. The van der Waals surface area contributed by atoms with Gasteiger partial charge in [-0.1, -0.05) is 25.1 Å². The number of para-hydroxylation sites is 1. The van der Waals surface area contributed by atoms with Crippen molar-refractivity contribution in [2.45, 2.75) is 38.6 Å². The maximum atomic E-state index is 12.7. The molecule has 0 bridgehead atoms. The second-order valence-corrected chi connectivity index (χ2v) is 5.83. The molecule has 1 aliphatic carbocycles. The lowest BCUT2D eigenvalue weighted by Crippen LogP contribution is -2.24. The Kier molecular flexibility index (Phi) is 4.47. The molecule has 23 heavy (non-hydrogen) atoms. The number of nitriles is 1. The van der Waals surface area contributed by atoms with Crippen molar-refractivity contribution in [1.82, 2.24) is 4.57 Å². The zero-order valence-electron chi connectivity index (χ0n) is 13.3. The van der Waals surface area contributed by atoms with Crippen LogP contribution in [-0.4, -0.2) is 11.2 Å². The SMILES string of the molecule is CCCOc1ccccc1-c1ccc(CC#N)c(=O)n1C1CC1. The fourth-order valence-corrected chi connectivity index (χ4v) is 2.75. The molecule has 0 radical (unpaired) electrons. The Labute approximate surface area is 135 Å². The molecule has 0 N–H and O–H groups in total. The number of ether oxygens (including phenoxy) is 1. The van der Waals surface area contributed by atoms with Crippen LogP contribution in [0.25, 0.3) is 11.3 Å². The van der Waals surface area contributed by atoms with Crippen molar-refractivity contribution in [1.29, 1.82) is 5.26 Å². The molecule has 1 aromatic heterocycles. The topological polar surface area (TPSA) is 55.0 Å². The summed E-state index contributed by atoms with van der Waals surface area (Å²) in [5.74, 6) is 0.802. The van der Waals surface area contributed by atoms with Crippen molar-refractivity contribution < 1.29 is 4.74 Å². The van der Waals surface area contributed by atoms with Gasteiger partial charge in [-0.25, -0.2) is 0 Å². The van der Waals surface area contributed by atoms with Gasteiger partial charge in [-0.05, 0) is 37.5 Å². The third-order valence-corrected chi connectivity index (χ3v) is 4.00. The highest BCUT2D eigenvalue weighted by molar-refractivity contribution is 5.68. The van der Waals surface area contributed by atoms with Crippen molar-refractivity contribution in [2.75, 3.05) is 6.61 Å². The van der Waals surface area contributed by atoms with Gasteiger partial charge in [0.15, 0.2) is 0 Å². The van der Waals surface area contributed by atoms with Gasteiger partial charge in [-0.3, -0.25) is 4.79 Å². The van der Waals surface area contributed by atoms with E-state index in [-0.39, 0.29) is 18.0 Å². The fraction of sp³-hybridized carbons (Fsp3) is 0.368. The van der Waals surface area contributed by atoms with E-state index in [2.05, 4.69) is 13.0 Å². The van der Waals surface area contributed by atoms with Crippen LogP contribution in [0.5, 0.6) is 5.75 Å². The highest BCUT2D eigenvalue weighted by Gasteiger charge is 2.28. The number of rotatable bonds is 6. The van der Waals surface area contributed by atoms with Crippen LogP contribution in [-0.2, 0) is 6.42 Å². The van der Waals surface area contributed by atoms with Gasteiger partial charge in [0, 0.05) is 17.2 Å². The summed E-state index contributed by atoms with van der Waals surface area (Å²) >= 11 is 0. The molecule has 4 heteroatoms. The number of aromatic nitrogens is 1. The minimum Gasteiger partial charge on any atom is -0.493 e. The van der Waals surface area contributed by atoms with Gasteiger partial charge in [0.05, 0.1) is 24.8 Å². The highest BCUT2D eigenvalue weighted by Crippen LogP contribution is 2.39. The van der Waals surface area contributed by atoms with E-state index < -0.39 is 0 Å². The van der Waals surface area contributed by atoms with Gasteiger partial charge in [0.2, 0.25) is 0 Å². The summed E-state index contributed by atoms with van der Waals surface area (Å²) in [5.41, 5.74) is 2.34. The Balaban J connectivity index is 2.12. The Morgan fingerprint density at radius 1 is 1.26 bits per heavy atom. The molecule has 1 aliphatic rings. The molecule has 1 aromatic carbocycles. The normalized spacial score (nSPS) is 13.6. The molecular weight excluding hydrogens is 288 g/mol. The van der Waals surface area contributed by atoms with Gasteiger partial charge in [0.1, 0.15) is 5.75 Å². The first kappa shape index (κ1) is 15.4. The van der Waals surface area contributed by atoms with E-state index in [0.29, 0.717) is 12.2 Å². The van der Waals surface area contributed by atoms with E-state index in [0.717, 1.165) is 36.3 Å². The number of benzene rings is 1. The van der Waals surface area contributed by atoms with Crippen LogP contribution < -0.4 is 10.3 Å². The Morgan fingerprint density at radius 2 is 2.04 bits per heavy atom. The maximum Gasteiger partial charge on any atom is 0.255 e. The minimum atomic E-state index is -0.0446. The molecular formula is C19H20N2O2. The van der Waals surface area contributed by atoms with E-state index >= 15 is 0 Å². The largest absolute Gasteiger partial charge is 0.493 e. The first-order valence-electron chi connectivity index (χ1n) is 8.09. The van der Waals surface area contributed by atoms with Crippen molar-refractivity contribution in [3.05, 3.63) is 52.3 Å². The van der Waals surface area contributed by atoms with Crippen LogP contribution in [0.1, 0.15) is 37.8 Å². The molecule has 0 amide bonds. The Morgan fingerprint density at radius 3 is 2.74 bits per heavy atom. The van der Waals surface area contributed by atoms with Gasteiger partial charge in [-0.15, -0.1) is 0 Å². The van der Waals surface area contributed by atoms with Crippen LogP contribution in [0.15, 0.2) is 41.2 Å². The lowest BCUT2D eigenvalue weighted by Gasteiger charge is -2.16. The van der Waals surface area contributed by atoms with Crippen LogP contribution >= 0.6 is 0 Å². The molecule has 4 nitrogen and oxygen atoms in total. The summed E-state index contributed by atoms with van der Waals surface area (Å²) in [4.78, 5) is 12.7. The van der Waals surface area contributed by atoms with Crippen molar-refractivity contribution >= 4 is 0 Å². The first-order chi connectivity index (χ1) is 11.3. The third-order valence-electron chi connectivity index (χ3n) is 4.00. The zero-order chi connectivity index (χ0) is 16.2. The predicted octanol–water partition coefficient (Wildman–Crippen LogP) is 3.71. The van der Waals surface area contributed by atoms with Crippen LogP contribution in [0.4, 0.5) is 0 Å². The molecule has 3 rings (SSSR count). The van der Waals surface area contributed by atoms with E-state index in [4.69, 9.17) is 10.00 Å². The number of nitrogens with zero attached hydrogens (tertiary/aromatic N) is 2. The predicted molar refractivity (Wildman–Crippen MR) is 89.5 cm³/mol. The summed E-state index contributed by atoms with van der Waals surface area (Å²) < 4.78 is 7.69. The summed E-state index contributed by atoms with van der Waals surface area (Å²) in [6, 6.07) is 13.9. The summed E-state index contributed by atoms with van der Waals surface area (Å²) in [6.07, 6.45) is 3.12. The number of pyridine rings is 1. The van der Waals surface area contributed by atoms with Crippen LogP contribution in [0.3, 0.4) is 0 Å². The maximum absolute atomic E-state index is 12.7. The molecule has 2 aromatic rings.